The highest BCUT2D eigenvalue weighted by atomic mass is 16.5. The molecule has 1 aromatic rings. The number of anilines is 2. The van der Waals surface area contributed by atoms with Gasteiger partial charge in [0.1, 0.15) is 18.2 Å². The fourth-order valence-corrected chi connectivity index (χ4v) is 1.33. The van der Waals surface area contributed by atoms with Crippen LogP contribution < -0.4 is 16.6 Å². The van der Waals surface area contributed by atoms with E-state index < -0.39 is 0 Å². The van der Waals surface area contributed by atoms with E-state index in [-0.39, 0.29) is 6.10 Å². The SMILES string of the molecule is CCOCc1nc(NN)cc(NCCC(C)O)n1. The zero-order valence-corrected chi connectivity index (χ0v) is 10.8. The maximum Gasteiger partial charge on any atom is 0.158 e. The summed E-state index contributed by atoms with van der Waals surface area (Å²) in [5.74, 6) is 7.09. The third-order valence-corrected chi connectivity index (χ3v) is 2.22. The lowest BCUT2D eigenvalue weighted by atomic mass is 10.3. The summed E-state index contributed by atoms with van der Waals surface area (Å²) in [6.45, 7) is 5.24. The van der Waals surface area contributed by atoms with Crippen molar-refractivity contribution < 1.29 is 9.84 Å². The second-order valence-electron chi connectivity index (χ2n) is 3.90. The number of nitrogens with two attached hydrogens (primary N) is 1. The minimum atomic E-state index is -0.339. The molecule has 0 bridgehead atoms. The molecule has 0 aliphatic rings. The van der Waals surface area contributed by atoms with Crippen LogP contribution in [0.1, 0.15) is 26.1 Å². The number of rotatable bonds is 8. The van der Waals surface area contributed by atoms with E-state index in [1.54, 1.807) is 13.0 Å². The molecule has 0 aliphatic carbocycles. The Hall–Kier alpha value is -1.44. The van der Waals surface area contributed by atoms with Crippen molar-refractivity contribution in [3.63, 3.8) is 0 Å². The van der Waals surface area contributed by atoms with Crippen molar-refractivity contribution in [1.29, 1.82) is 0 Å². The number of nitrogen functional groups attached to an aromatic ring is 1. The first kappa shape index (κ1) is 14.6. The Morgan fingerprint density at radius 1 is 1.44 bits per heavy atom. The Kier molecular flexibility index (Phi) is 6.34. The van der Waals surface area contributed by atoms with Gasteiger partial charge < -0.3 is 20.6 Å². The number of aliphatic hydroxyl groups is 1. The lowest BCUT2D eigenvalue weighted by Gasteiger charge is -2.10. The Morgan fingerprint density at radius 2 is 2.17 bits per heavy atom. The monoisotopic (exact) mass is 255 g/mol. The zero-order valence-electron chi connectivity index (χ0n) is 10.8. The summed E-state index contributed by atoms with van der Waals surface area (Å²) < 4.78 is 5.26. The van der Waals surface area contributed by atoms with Gasteiger partial charge in [0.25, 0.3) is 0 Å². The first-order valence-corrected chi connectivity index (χ1v) is 6.00. The minimum Gasteiger partial charge on any atom is -0.393 e. The predicted molar refractivity (Wildman–Crippen MR) is 70.0 cm³/mol. The van der Waals surface area contributed by atoms with E-state index in [0.717, 1.165) is 0 Å². The van der Waals surface area contributed by atoms with Gasteiger partial charge in [-0.25, -0.2) is 15.8 Å². The largest absolute Gasteiger partial charge is 0.393 e. The van der Waals surface area contributed by atoms with Gasteiger partial charge in [0.15, 0.2) is 5.82 Å². The molecule has 7 heteroatoms. The molecule has 1 rings (SSSR count). The van der Waals surface area contributed by atoms with Gasteiger partial charge in [-0.2, -0.15) is 0 Å². The van der Waals surface area contributed by atoms with Crippen molar-refractivity contribution in [2.24, 2.45) is 5.84 Å². The number of nitrogens with one attached hydrogen (secondary N) is 2. The van der Waals surface area contributed by atoms with Crippen molar-refractivity contribution in [2.45, 2.75) is 33.0 Å². The Morgan fingerprint density at radius 3 is 2.78 bits per heavy atom. The van der Waals surface area contributed by atoms with Gasteiger partial charge in [0.05, 0.1) is 6.10 Å². The molecule has 0 aliphatic heterocycles. The third kappa shape index (κ3) is 5.26. The standard InChI is InChI=1S/C11H21N5O2/c1-3-18-7-11-14-9(6-10(15-11)16-12)13-5-4-8(2)17/h6,8,17H,3-5,7,12H2,1-2H3,(H2,13,14,15,16). The van der Waals surface area contributed by atoms with Crippen LogP contribution >= 0.6 is 0 Å². The third-order valence-electron chi connectivity index (χ3n) is 2.22. The molecular weight excluding hydrogens is 234 g/mol. The maximum absolute atomic E-state index is 9.18. The van der Waals surface area contributed by atoms with E-state index in [1.165, 1.54) is 0 Å². The van der Waals surface area contributed by atoms with Crippen LogP contribution in [0.3, 0.4) is 0 Å². The van der Waals surface area contributed by atoms with Gasteiger partial charge >= 0.3 is 0 Å². The quantitative estimate of drug-likeness (QED) is 0.395. The fraction of sp³-hybridized carbons (Fsp3) is 0.636. The molecule has 0 radical (unpaired) electrons. The normalized spacial score (nSPS) is 12.2. The van der Waals surface area contributed by atoms with Gasteiger partial charge in [-0.05, 0) is 20.3 Å². The van der Waals surface area contributed by atoms with E-state index in [4.69, 9.17) is 10.6 Å². The highest BCUT2D eigenvalue weighted by molar-refractivity contribution is 5.46. The summed E-state index contributed by atoms with van der Waals surface area (Å²) in [7, 11) is 0. The van der Waals surface area contributed by atoms with Crippen LogP contribution in [0.25, 0.3) is 0 Å². The zero-order chi connectivity index (χ0) is 13.4. The molecule has 7 nitrogen and oxygen atoms in total. The molecule has 0 aromatic carbocycles. The Labute approximate surface area is 107 Å². The summed E-state index contributed by atoms with van der Waals surface area (Å²) in [6, 6.07) is 1.71. The molecule has 0 amide bonds. The molecule has 18 heavy (non-hydrogen) atoms. The van der Waals surface area contributed by atoms with Gasteiger partial charge in [-0.3, -0.25) is 0 Å². The molecule has 1 aromatic heterocycles. The second kappa shape index (κ2) is 7.80. The van der Waals surface area contributed by atoms with E-state index in [0.29, 0.717) is 43.6 Å². The van der Waals surface area contributed by atoms with E-state index >= 15 is 0 Å². The fourth-order valence-electron chi connectivity index (χ4n) is 1.33. The lowest BCUT2D eigenvalue weighted by Crippen LogP contribution is -2.14. The van der Waals surface area contributed by atoms with Crippen molar-refractivity contribution in [3.8, 4) is 0 Å². The van der Waals surface area contributed by atoms with Crippen LogP contribution in [0.4, 0.5) is 11.6 Å². The smallest absolute Gasteiger partial charge is 0.158 e. The maximum atomic E-state index is 9.18. The molecular formula is C11H21N5O2. The molecule has 1 unspecified atom stereocenters. The van der Waals surface area contributed by atoms with Crippen LogP contribution in [-0.2, 0) is 11.3 Å². The topological polar surface area (TPSA) is 105 Å². The second-order valence-corrected chi connectivity index (χ2v) is 3.90. The summed E-state index contributed by atoms with van der Waals surface area (Å²) in [5, 5.41) is 12.3. The highest BCUT2D eigenvalue weighted by Gasteiger charge is 2.04. The summed E-state index contributed by atoms with van der Waals surface area (Å²) in [4.78, 5) is 8.46. The summed E-state index contributed by atoms with van der Waals surface area (Å²) in [5.41, 5.74) is 2.49. The van der Waals surface area contributed by atoms with Crippen molar-refractivity contribution in [2.75, 3.05) is 23.9 Å². The van der Waals surface area contributed by atoms with E-state index in [1.807, 2.05) is 6.92 Å². The van der Waals surface area contributed by atoms with Crippen LogP contribution in [0.15, 0.2) is 6.07 Å². The number of aromatic nitrogens is 2. The number of hydrogen-bond donors (Lipinski definition) is 4. The van der Waals surface area contributed by atoms with Crippen molar-refractivity contribution >= 4 is 11.6 Å². The Balaban J connectivity index is 2.64. The minimum absolute atomic E-state index is 0.339. The number of ether oxygens (including phenoxy) is 1. The van der Waals surface area contributed by atoms with Gasteiger partial charge in [0, 0.05) is 19.2 Å². The average Bonchev–Trinajstić information content (AvgIpc) is 2.35. The number of hydrazine groups is 1. The number of aliphatic hydroxyl groups excluding tert-OH is 1. The van der Waals surface area contributed by atoms with Crippen molar-refractivity contribution in [3.05, 3.63) is 11.9 Å². The molecule has 0 saturated carbocycles. The summed E-state index contributed by atoms with van der Waals surface area (Å²) >= 11 is 0. The molecule has 0 saturated heterocycles. The summed E-state index contributed by atoms with van der Waals surface area (Å²) in [6.07, 6.45) is 0.310. The molecule has 0 spiro atoms. The average molecular weight is 255 g/mol. The first-order valence-electron chi connectivity index (χ1n) is 6.00. The predicted octanol–water partition coefficient (Wildman–Crippen LogP) is 0.481. The molecule has 102 valence electrons. The Bertz CT molecular complexity index is 359. The van der Waals surface area contributed by atoms with Gasteiger partial charge in [0.2, 0.25) is 0 Å². The van der Waals surface area contributed by atoms with Crippen LogP contribution in [-0.4, -0.2) is 34.3 Å². The van der Waals surface area contributed by atoms with E-state index in [9.17, 15) is 5.11 Å². The van der Waals surface area contributed by atoms with Crippen LogP contribution in [0.2, 0.25) is 0 Å². The number of hydrogen-bond acceptors (Lipinski definition) is 7. The van der Waals surface area contributed by atoms with Gasteiger partial charge in [-0.15, -0.1) is 0 Å². The van der Waals surface area contributed by atoms with E-state index in [2.05, 4.69) is 20.7 Å². The molecule has 5 N–H and O–H groups in total. The lowest BCUT2D eigenvalue weighted by molar-refractivity contribution is 0.128. The molecule has 1 heterocycles. The number of nitrogens with zero attached hydrogens (tertiary/aromatic N) is 2. The highest BCUT2D eigenvalue weighted by Crippen LogP contribution is 2.11. The first-order chi connectivity index (χ1) is 8.65. The molecule has 1 atom stereocenters. The van der Waals surface area contributed by atoms with Crippen LogP contribution in [0.5, 0.6) is 0 Å². The van der Waals surface area contributed by atoms with Crippen LogP contribution in [0, 0.1) is 0 Å². The van der Waals surface area contributed by atoms with Gasteiger partial charge in [-0.1, -0.05) is 0 Å². The van der Waals surface area contributed by atoms with Crippen molar-refractivity contribution in [1.82, 2.24) is 9.97 Å². The molecule has 0 fully saturated rings.